The van der Waals surface area contributed by atoms with Gasteiger partial charge in [-0.1, -0.05) is 204 Å². The quantitative estimate of drug-likeness (QED) is 0.0617. The Morgan fingerprint density at radius 2 is 0.312 bits per heavy atom. The maximum absolute atomic E-state index is 7.87. The lowest BCUT2D eigenvalue weighted by Crippen LogP contribution is -2.68. The van der Waals surface area contributed by atoms with Gasteiger partial charge in [-0.05, 0) is 48.4 Å². The molecule has 0 radical (unpaired) electrons. The summed E-state index contributed by atoms with van der Waals surface area (Å²) in [7, 11) is -27.5. The second-order valence-electron chi connectivity index (χ2n) is 17.8. The molecular formula is C48H96O8Si8. The number of unbranched alkanes of at least 4 members (excludes halogenated alkanes) is 8. The van der Waals surface area contributed by atoms with E-state index >= 15 is 0 Å². The van der Waals surface area contributed by atoms with E-state index in [-0.39, 0.29) is 0 Å². The van der Waals surface area contributed by atoms with Gasteiger partial charge in [0.15, 0.2) is 0 Å². The van der Waals surface area contributed by atoms with Crippen molar-refractivity contribution in [1.29, 1.82) is 0 Å². The predicted molar refractivity (Wildman–Crippen MR) is 294 cm³/mol. The van der Waals surface area contributed by atoms with Crippen molar-refractivity contribution in [2.24, 2.45) is 0 Å². The molecule has 0 aliphatic carbocycles. The van der Waals surface area contributed by atoms with Crippen LogP contribution in [0.5, 0.6) is 0 Å². The Morgan fingerprint density at radius 1 is 0.219 bits per heavy atom. The molecule has 16 heteroatoms. The summed E-state index contributed by atoms with van der Waals surface area (Å²) in [6, 6.07) is 5.45. The molecule has 1 heterocycles. The molecule has 0 N–H and O–H groups in total. The zero-order valence-corrected chi connectivity index (χ0v) is 50.5. The molecule has 0 unspecified atom stereocenters. The highest BCUT2D eigenvalue weighted by molar-refractivity contribution is 7.00. The largest absolute Gasteiger partial charge is 0.409 e. The van der Waals surface area contributed by atoms with E-state index in [0.717, 1.165) is 103 Å². The third kappa shape index (κ3) is 18.0. The molecule has 1 aliphatic rings. The van der Waals surface area contributed by atoms with Crippen LogP contribution in [-0.4, -0.2) is 68.5 Å². The third-order valence-corrected chi connectivity index (χ3v) is 47.8. The third-order valence-electron chi connectivity index (χ3n) is 12.3. The van der Waals surface area contributed by atoms with Crippen LogP contribution in [0.3, 0.4) is 0 Å². The van der Waals surface area contributed by atoms with Gasteiger partial charge in [0.05, 0.1) is 0 Å². The van der Waals surface area contributed by atoms with Crippen molar-refractivity contribution >= 4 is 68.5 Å². The summed E-state index contributed by atoms with van der Waals surface area (Å²) in [6.45, 7) is 54.0. The summed E-state index contributed by atoms with van der Waals surface area (Å²) in [5.74, 6) is 0. The van der Waals surface area contributed by atoms with E-state index < -0.39 is 68.5 Å². The van der Waals surface area contributed by atoms with Crippen LogP contribution in [0.1, 0.15) is 158 Å². The molecule has 0 aromatic heterocycles. The second-order valence-corrected chi connectivity index (χ2v) is 44.6. The first-order valence-electron chi connectivity index (χ1n) is 25.3. The van der Waals surface area contributed by atoms with Gasteiger partial charge in [0, 0.05) is 0 Å². The smallest absolute Gasteiger partial charge is 0.347 e. The minimum absolute atomic E-state index is 0.681. The minimum Gasteiger partial charge on any atom is -0.409 e. The molecule has 0 aromatic carbocycles. The first-order chi connectivity index (χ1) is 30.6. The Labute approximate surface area is 403 Å². The van der Waals surface area contributed by atoms with E-state index in [0.29, 0.717) is 48.4 Å². The van der Waals surface area contributed by atoms with Gasteiger partial charge < -0.3 is 32.9 Å². The highest BCUT2D eigenvalue weighted by Gasteiger charge is 2.61. The van der Waals surface area contributed by atoms with E-state index in [1.165, 1.54) is 0 Å². The standard InChI is InChI=1S/C48H96O8Si8/c1-17-33-41-57(25-9)49-58(26-10,42-34-18-2)51-60(28-12,44-36-20-4)53-62(30-14,46-38-22-6)55-64(32-16,48-40-24-8)56-63(31-15,47-39-23-7)54-61(29-13,45-37-21-5)52-59(27-11,50-57)43-35-19-3/h25-32H,9-24,33-48H2,1-8H3. The average Bonchev–Trinajstić information content (AvgIpc) is 3.32. The average molecular weight is 1030 g/mol. The molecule has 1 rings (SSSR count). The molecule has 0 bridgehead atoms. The van der Waals surface area contributed by atoms with Crippen molar-refractivity contribution in [1.82, 2.24) is 0 Å². The van der Waals surface area contributed by atoms with E-state index in [1.807, 2.05) is 45.6 Å². The van der Waals surface area contributed by atoms with Crippen molar-refractivity contribution in [3.8, 4) is 0 Å². The highest BCUT2D eigenvalue weighted by atomic mass is 28.5. The fourth-order valence-corrected chi connectivity index (χ4v) is 51.5. The predicted octanol–water partition coefficient (Wildman–Crippen LogP) is 15.9. The zero-order valence-electron chi connectivity index (χ0n) is 42.5. The summed E-state index contributed by atoms with van der Waals surface area (Å²) in [4.78, 5) is 0. The molecule has 0 saturated carbocycles. The van der Waals surface area contributed by atoms with Crippen LogP contribution in [0, 0.1) is 0 Å². The van der Waals surface area contributed by atoms with Gasteiger partial charge in [0.2, 0.25) is 0 Å². The monoisotopic (exact) mass is 1020 g/mol. The molecule has 1 saturated heterocycles. The van der Waals surface area contributed by atoms with Crippen LogP contribution in [0.4, 0.5) is 0 Å². The Hall–Kier alpha value is -0.665. The topological polar surface area (TPSA) is 73.8 Å². The van der Waals surface area contributed by atoms with Gasteiger partial charge in [-0.15, -0.1) is 52.6 Å². The fraction of sp³-hybridized carbons (Fsp3) is 0.667. The van der Waals surface area contributed by atoms with Gasteiger partial charge in [-0.25, -0.2) is 0 Å². The summed E-state index contributed by atoms with van der Waals surface area (Å²) in [5.41, 5.74) is 15.9. The molecule has 0 spiro atoms. The van der Waals surface area contributed by atoms with Gasteiger partial charge in [-0.2, -0.15) is 0 Å². The maximum Gasteiger partial charge on any atom is 0.347 e. The highest BCUT2D eigenvalue weighted by Crippen LogP contribution is 2.43. The number of hydrogen-bond donors (Lipinski definition) is 0. The lowest BCUT2D eigenvalue weighted by molar-refractivity contribution is 0.234. The summed E-state index contributed by atoms with van der Waals surface area (Å²) >= 11 is 0. The zero-order chi connectivity index (χ0) is 48.3. The van der Waals surface area contributed by atoms with Gasteiger partial charge in [0.1, 0.15) is 0 Å². The fourth-order valence-electron chi connectivity index (χ4n) is 8.19. The van der Waals surface area contributed by atoms with Gasteiger partial charge in [-0.3, -0.25) is 0 Å². The second kappa shape index (κ2) is 30.7. The number of rotatable bonds is 32. The summed E-state index contributed by atoms with van der Waals surface area (Å²) in [6.07, 6.45) is 14.7. The first-order valence-corrected chi connectivity index (χ1v) is 42.1. The Bertz CT molecular complexity index is 1100. The normalized spacial score (nSPS) is 33.1. The Morgan fingerprint density at radius 3 is 0.375 bits per heavy atom. The van der Waals surface area contributed by atoms with Crippen molar-refractivity contribution in [3.63, 3.8) is 0 Å². The summed E-state index contributed by atoms with van der Waals surface area (Å²) < 4.78 is 62.9. The van der Waals surface area contributed by atoms with Crippen LogP contribution in [0.15, 0.2) is 98.2 Å². The molecule has 64 heavy (non-hydrogen) atoms. The van der Waals surface area contributed by atoms with Crippen LogP contribution < -0.4 is 0 Å². The summed E-state index contributed by atoms with van der Waals surface area (Å²) in [5, 5.41) is 0. The van der Waals surface area contributed by atoms with Crippen molar-refractivity contribution < 1.29 is 32.9 Å². The Kier molecular flexibility index (Phi) is 29.5. The van der Waals surface area contributed by atoms with Crippen LogP contribution in [0.25, 0.3) is 0 Å². The first kappa shape index (κ1) is 61.4. The van der Waals surface area contributed by atoms with Crippen LogP contribution in [-0.2, 0) is 32.9 Å². The lowest BCUT2D eigenvalue weighted by atomic mass is 10.4. The Balaban J connectivity index is 4.92. The molecule has 1 fully saturated rings. The van der Waals surface area contributed by atoms with Crippen molar-refractivity contribution in [2.75, 3.05) is 0 Å². The molecule has 0 atom stereocenters. The van der Waals surface area contributed by atoms with Crippen LogP contribution in [0.2, 0.25) is 48.4 Å². The maximum atomic E-state index is 7.87. The van der Waals surface area contributed by atoms with Gasteiger partial charge >= 0.3 is 68.5 Å². The SMILES string of the molecule is C=C[Si]1(CCCC)O[Si](C=C)(CCCC)O[Si](C=C)(CCCC)O[Si](C=C)(CCCC)O[Si](C=C)(CCCC)O[Si](C=C)(CCCC)O[Si](C=C)(CCCC)O[Si](C=C)(CCCC)O1. The molecule has 8 nitrogen and oxygen atoms in total. The van der Waals surface area contributed by atoms with E-state index in [4.69, 9.17) is 32.9 Å². The molecule has 368 valence electrons. The molecule has 0 amide bonds. The molecule has 1 aliphatic heterocycles. The van der Waals surface area contributed by atoms with E-state index in [9.17, 15) is 0 Å². The molecule has 0 aromatic rings. The number of hydrogen-bond acceptors (Lipinski definition) is 8. The van der Waals surface area contributed by atoms with E-state index in [2.05, 4.69) is 108 Å². The molecular weight excluding hydrogens is 929 g/mol. The van der Waals surface area contributed by atoms with Crippen molar-refractivity contribution in [2.45, 2.75) is 206 Å². The minimum atomic E-state index is -3.43. The van der Waals surface area contributed by atoms with E-state index in [1.54, 1.807) is 0 Å². The van der Waals surface area contributed by atoms with Crippen molar-refractivity contribution in [3.05, 3.63) is 98.2 Å². The van der Waals surface area contributed by atoms with Gasteiger partial charge in [0.25, 0.3) is 0 Å². The lowest BCUT2D eigenvalue weighted by Gasteiger charge is -2.50. The van der Waals surface area contributed by atoms with Crippen LogP contribution >= 0.6 is 0 Å².